The summed E-state index contributed by atoms with van der Waals surface area (Å²) in [6, 6.07) is 1.64. The number of carboxylic acid groups (broad SMARTS) is 1. The minimum Gasteiger partial charge on any atom is -0.478 e. The number of carbonyl (C=O) groups is 1. The quantitative estimate of drug-likeness (QED) is 0.749. The van der Waals surface area contributed by atoms with E-state index in [2.05, 4.69) is 4.72 Å². The van der Waals surface area contributed by atoms with Crippen LogP contribution in [0.25, 0.3) is 0 Å². The van der Waals surface area contributed by atoms with Crippen LogP contribution in [0.3, 0.4) is 0 Å². The first-order valence-electron chi connectivity index (χ1n) is 5.68. The molecule has 0 bridgehead atoms. The van der Waals surface area contributed by atoms with Crippen LogP contribution >= 0.6 is 0 Å². The molecule has 0 heterocycles. The molecule has 112 valence electrons. The maximum atomic E-state index is 13.6. The Morgan fingerprint density at radius 1 is 1.40 bits per heavy atom. The topological polar surface area (TPSA) is 104 Å². The number of halogens is 1. The molecule has 1 rings (SSSR count). The number of benzene rings is 1. The van der Waals surface area contributed by atoms with Gasteiger partial charge in [0.2, 0.25) is 10.0 Å². The van der Waals surface area contributed by atoms with Gasteiger partial charge in [-0.1, -0.05) is 0 Å². The van der Waals surface area contributed by atoms with Crippen molar-refractivity contribution < 1.29 is 27.8 Å². The largest absolute Gasteiger partial charge is 0.478 e. The summed E-state index contributed by atoms with van der Waals surface area (Å²) in [6.07, 6.45) is 0. The molecule has 1 aromatic rings. The average molecular weight is 305 g/mol. The lowest BCUT2D eigenvalue weighted by atomic mass is 10.1. The summed E-state index contributed by atoms with van der Waals surface area (Å²) in [5.74, 6) is -2.35. The second-order valence-electron chi connectivity index (χ2n) is 5.03. The van der Waals surface area contributed by atoms with Gasteiger partial charge in [0.05, 0.1) is 22.6 Å². The fraction of sp³-hybridized carbons (Fsp3) is 0.417. The van der Waals surface area contributed by atoms with Crippen molar-refractivity contribution in [3.63, 3.8) is 0 Å². The number of rotatable bonds is 5. The summed E-state index contributed by atoms with van der Waals surface area (Å²) in [6.45, 7) is 3.66. The highest BCUT2D eigenvalue weighted by molar-refractivity contribution is 7.89. The molecule has 20 heavy (non-hydrogen) atoms. The Morgan fingerprint density at radius 2 is 1.95 bits per heavy atom. The molecule has 0 aromatic heterocycles. The second kappa shape index (κ2) is 5.47. The third-order valence-corrected chi connectivity index (χ3v) is 4.46. The molecule has 0 radical (unpaired) electrons. The summed E-state index contributed by atoms with van der Waals surface area (Å²) in [5, 5.41) is 17.9. The normalized spacial score (nSPS) is 12.4. The SMILES string of the molecule is Cc1c(F)cc(C(=O)O)cc1S(=O)(=O)NC(C)(C)CO. The first-order chi connectivity index (χ1) is 9.00. The molecule has 6 nitrogen and oxygen atoms in total. The van der Waals surface area contributed by atoms with Gasteiger partial charge in [0.25, 0.3) is 0 Å². The number of hydrogen-bond acceptors (Lipinski definition) is 4. The van der Waals surface area contributed by atoms with Gasteiger partial charge in [-0.3, -0.25) is 0 Å². The third kappa shape index (κ3) is 3.53. The van der Waals surface area contributed by atoms with Crippen molar-refractivity contribution in [3.05, 3.63) is 29.1 Å². The van der Waals surface area contributed by atoms with Gasteiger partial charge in [-0.25, -0.2) is 22.3 Å². The van der Waals surface area contributed by atoms with Crippen LogP contribution in [-0.2, 0) is 10.0 Å². The number of aliphatic hydroxyl groups is 1. The lowest BCUT2D eigenvalue weighted by molar-refractivity contribution is 0.0696. The van der Waals surface area contributed by atoms with Crippen molar-refractivity contribution in [1.82, 2.24) is 4.72 Å². The Balaban J connectivity index is 3.42. The van der Waals surface area contributed by atoms with E-state index in [0.717, 1.165) is 12.1 Å². The summed E-state index contributed by atoms with van der Waals surface area (Å²) >= 11 is 0. The van der Waals surface area contributed by atoms with E-state index in [1.54, 1.807) is 0 Å². The fourth-order valence-corrected chi connectivity index (χ4v) is 3.19. The van der Waals surface area contributed by atoms with Crippen LogP contribution in [0.5, 0.6) is 0 Å². The van der Waals surface area contributed by atoms with Gasteiger partial charge < -0.3 is 10.2 Å². The van der Waals surface area contributed by atoms with Gasteiger partial charge in [-0.05, 0) is 32.9 Å². The number of aromatic carboxylic acids is 1. The maximum absolute atomic E-state index is 13.6. The molecule has 0 spiro atoms. The molecule has 0 aliphatic carbocycles. The summed E-state index contributed by atoms with van der Waals surface area (Å²) < 4.78 is 40.2. The van der Waals surface area contributed by atoms with E-state index in [1.165, 1.54) is 20.8 Å². The lowest BCUT2D eigenvalue weighted by Gasteiger charge is -2.23. The molecule has 0 atom stereocenters. The van der Waals surface area contributed by atoms with Crippen molar-refractivity contribution in [2.75, 3.05) is 6.61 Å². The minimum absolute atomic E-state index is 0.184. The highest BCUT2D eigenvalue weighted by Gasteiger charge is 2.28. The summed E-state index contributed by atoms with van der Waals surface area (Å²) in [5.41, 5.74) is -1.80. The smallest absolute Gasteiger partial charge is 0.335 e. The summed E-state index contributed by atoms with van der Waals surface area (Å²) in [7, 11) is -4.15. The molecule has 0 aliphatic heterocycles. The first kappa shape index (κ1) is 16.5. The fourth-order valence-electron chi connectivity index (χ4n) is 1.51. The Bertz CT molecular complexity index is 639. The molecule has 1 aromatic carbocycles. The Kier molecular flexibility index (Phi) is 4.52. The molecule has 0 saturated carbocycles. The second-order valence-corrected chi connectivity index (χ2v) is 6.68. The van der Waals surface area contributed by atoms with Gasteiger partial charge in [0.15, 0.2) is 0 Å². The van der Waals surface area contributed by atoms with Crippen molar-refractivity contribution >= 4 is 16.0 Å². The lowest BCUT2D eigenvalue weighted by Crippen LogP contribution is -2.46. The van der Waals surface area contributed by atoms with Crippen LogP contribution < -0.4 is 4.72 Å². The van der Waals surface area contributed by atoms with Crippen molar-refractivity contribution in [2.45, 2.75) is 31.2 Å². The molecule has 0 aliphatic rings. The van der Waals surface area contributed by atoms with Crippen molar-refractivity contribution in [2.24, 2.45) is 0 Å². The standard InChI is InChI=1S/C12H16FNO5S/c1-7-9(13)4-8(11(16)17)5-10(7)20(18,19)14-12(2,3)6-15/h4-5,14-15H,6H2,1-3H3,(H,16,17). The van der Waals surface area contributed by atoms with Crippen molar-refractivity contribution in [3.8, 4) is 0 Å². The Labute approximate surface area is 116 Å². The molecule has 3 N–H and O–H groups in total. The van der Waals surface area contributed by atoms with E-state index >= 15 is 0 Å². The van der Waals surface area contributed by atoms with Crippen LogP contribution in [0.1, 0.15) is 29.8 Å². The van der Waals surface area contributed by atoms with E-state index in [-0.39, 0.29) is 5.56 Å². The number of carboxylic acids is 1. The monoisotopic (exact) mass is 305 g/mol. The maximum Gasteiger partial charge on any atom is 0.335 e. The van der Waals surface area contributed by atoms with Gasteiger partial charge in [-0.15, -0.1) is 0 Å². The number of sulfonamides is 1. The van der Waals surface area contributed by atoms with Crippen LogP contribution in [0, 0.1) is 12.7 Å². The molecular formula is C12H16FNO5S. The van der Waals surface area contributed by atoms with E-state index in [4.69, 9.17) is 10.2 Å². The van der Waals surface area contributed by atoms with Crippen LogP contribution in [0.4, 0.5) is 4.39 Å². The van der Waals surface area contributed by atoms with E-state index in [9.17, 15) is 17.6 Å². The number of nitrogens with one attached hydrogen (secondary N) is 1. The minimum atomic E-state index is -4.15. The van der Waals surface area contributed by atoms with Gasteiger partial charge >= 0.3 is 5.97 Å². The first-order valence-corrected chi connectivity index (χ1v) is 7.17. The highest BCUT2D eigenvalue weighted by atomic mass is 32.2. The molecule has 0 saturated heterocycles. The average Bonchev–Trinajstić information content (AvgIpc) is 2.30. The van der Waals surface area contributed by atoms with Crippen molar-refractivity contribution in [1.29, 1.82) is 0 Å². The zero-order chi connectivity index (χ0) is 15.7. The highest BCUT2D eigenvalue weighted by Crippen LogP contribution is 2.22. The predicted octanol–water partition coefficient (Wildman–Crippen LogP) is 0.882. The van der Waals surface area contributed by atoms with Gasteiger partial charge in [-0.2, -0.15) is 0 Å². The van der Waals surface area contributed by atoms with Crippen LogP contribution in [-0.4, -0.2) is 36.7 Å². The molecule has 0 fully saturated rings. The van der Waals surface area contributed by atoms with Crippen LogP contribution in [0.15, 0.2) is 17.0 Å². The summed E-state index contributed by atoms with van der Waals surface area (Å²) in [4.78, 5) is 10.4. The van der Waals surface area contributed by atoms with E-state index < -0.39 is 44.4 Å². The van der Waals surface area contributed by atoms with E-state index in [0.29, 0.717) is 0 Å². The van der Waals surface area contributed by atoms with Gasteiger partial charge in [0.1, 0.15) is 5.82 Å². The zero-order valence-corrected chi connectivity index (χ0v) is 12.1. The Morgan fingerprint density at radius 3 is 2.40 bits per heavy atom. The third-order valence-electron chi connectivity index (χ3n) is 2.64. The number of aliphatic hydroxyl groups excluding tert-OH is 1. The van der Waals surface area contributed by atoms with Crippen LogP contribution in [0.2, 0.25) is 0 Å². The number of hydrogen-bond donors (Lipinski definition) is 3. The molecular weight excluding hydrogens is 289 g/mol. The van der Waals surface area contributed by atoms with Gasteiger partial charge in [0, 0.05) is 5.56 Å². The predicted molar refractivity (Wildman–Crippen MR) is 69.6 cm³/mol. The van der Waals surface area contributed by atoms with E-state index in [1.807, 2.05) is 0 Å². The zero-order valence-electron chi connectivity index (χ0n) is 11.3. The Hall–Kier alpha value is -1.51. The molecule has 0 amide bonds. The molecule has 8 heteroatoms. The molecule has 0 unspecified atom stereocenters.